The van der Waals surface area contributed by atoms with E-state index in [0.717, 1.165) is 18.8 Å². The fourth-order valence-electron chi connectivity index (χ4n) is 5.92. The maximum atomic E-state index is 6.59. The Morgan fingerprint density at radius 1 is 0.958 bits per heavy atom. The minimum atomic E-state index is -0.0162. The van der Waals surface area contributed by atoms with E-state index in [9.17, 15) is 0 Å². The Kier molecular flexibility index (Phi) is 5.38. The van der Waals surface area contributed by atoms with Crippen LogP contribution in [-0.4, -0.2) is 46.9 Å². The monoisotopic (exact) mass is 355 g/mol. The molecule has 5 nitrogen and oxygen atoms in total. The summed E-state index contributed by atoms with van der Waals surface area (Å²) in [7, 11) is 0. The third-order valence-corrected chi connectivity index (χ3v) is 7.69. The van der Waals surface area contributed by atoms with Crippen LogP contribution >= 0.6 is 11.6 Å². The molecule has 0 aromatic heterocycles. The van der Waals surface area contributed by atoms with Gasteiger partial charge in [0.1, 0.15) is 0 Å². The lowest BCUT2D eigenvalue weighted by Gasteiger charge is -2.45. The first-order valence-electron chi connectivity index (χ1n) is 10.1. The van der Waals surface area contributed by atoms with Crippen LogP contribution in [0.25, 0.3) is 0 Å². The van der Waals surface area contributed by atoms with Gasteiger partial charge in [0.05, 0.1) is 19.0 Å². The van der Waals surface area contributed by atoms with Gasteiger partial charge in [-0.05, 0) is 37.5 Å². The number of halogens is 1. The van der Waals surface area contributed by atoms with Crippen molar-refractivity contribution in [2.75, 3.05) is 13.2 Å². The maximum absolute atomic E-state index is 6.59. The Hall–Kier alpha value is 0.0900. The topological polar surface area (TPSA) is 70.5 Å². The Bertz CT molecular complexity index is 422. The van der Waals surface area contributed by atoms with E-state index in [1.165, 1.54) is 51.5 Å². The van der Waals surface area contributed by atoms with Gasteiger partial charge in [0.2, 0.25) is 0 Å². The Balaban J connectivity index is 1.53. The highest BCUT2D eigenvalue weighted by Gasteiger charge is 2.52. The summed E-state index contributed by atoms with van der Waals surface area (Å²) in [5, 5.41) is 5.90. The second kappa shape index (κ2) is 7.37. The number of likely N-dealkylation sites (tertiary alicyclic amines) is 1. The number of hydrogen-bond donors (Lipinski definition) is 3. The first-order chi connectivity index (χ1) is 11.6. The summed E-state index contributed by atoms with van der Waals surface area (Å²) in [6.45, 7) is 1.90. The van der Waals surface area contributed by atoms with Gasteiger partial charge in [-0.3, -0.25) is 16.1 Å². The number of nitrogens with zero attached hydrogens (tertiary/aromatic N) is 2. The van der Waals surface area contributed by atoms with Crippen LogP contribution in [-0.2, 0) is 0 Å². The number of nitrogens with one attached hydrogen (secondary N) is 1. The van der Waals surface area contributed by atoms with Gasteiger partial charge in [-0.15, -0.1) is 11.6 Å². The van der Waals surface area contributed by atoms with Crippen molar-refractivity contribution >= 4 is 11.6 Å². The van der Waals surface area contributed by atoms with E-state index in [2.05, 4.69) is 10.2 Å². The zero-order valence-corrected chi connectivity index (χ0v) is 15.5. The van der Waals surface area contributed by atoms with Crippen molar-refractivity contribution in [1.29, 1.82) is 0 Å². The summed E-state index contributed by atoms with van der Waals surface area (Å²) in [5.41, 5.74) is 6.59. The largest absolute Gasteiger partial charge is 0.314 e. The molecule has 138 valence electrons. The smallest absolute Gasteiger partial charge is 0.0779 e. The number of fused-ring (bicyclic) bond motifs is 1. The van der Waals surface area contributed by atoms with E-state index in [1.54, 1.807) is 0 Å². The molecule has 0 aromatic rings. The molecule has 4 aliphatic rings. The summed E-state index contributed by atoms with van der Waals surface area (Å²) < 4.78 is 0. The summed E-state index contributed by atoms with van der Waals surface area (Å²) >= 11 is 6.34. The molecule has 2 saturated heterocycles. The van der Waals surface area contributed by atoms with Crippen LogP contribution in [0.15, 0.2) is 0 Å². The van der Waals surface area contributed by atoms with Crippen molar-refractivity contribution in [1.82, 2.24) is 15.2 Å². The van der Waals surface area contributed by atoms with Crippen LogP contribution in [0.5, 0.6) is 0 Å². The highest BCUT2D eigenvalue weighted by molar-refractivity contribution is 6.20. The maximum Gasteiger partial charge on any atom is 0.0779 e. The molecular formula is C18H34ClN5. The first kappa shape index (κ1) is 17.5. The normalized spacial score (nSPS) is 46.1. The van der Waals surface area contributed by atoms with Gasteiger partial charge in [-0.2, -0.15) is 0 Å². The van der Waals surface area contributed by atoms with Gasteiger partial charge >= 0.3 is 0 Å². The van der Waals surface area contributed by atoms with E-state index in [1.807, 2.05) is 5.01 Å². The molecule has 4 unspecified atom stereocenters. The fraction of sp³-hybridized carbons (Fsp3) is 1.00. The highest BCUT2D eigenvalue weighted by Crippen LogP contribution is 2.45. The zero-order chi connectivity index (χ0) is 16.7. The van der Waals surface area contributed by atoms with Gasteiger partial charge in [0.15, 0.2) is 0 Å². The average molecular weight is 356 g/mol. The quantitative estimate of drug-likeness (QED) is 0.522. The van der Waals surface area contributed by atoms with Gasteiger partial charge in [-0.25, -0.2) is 5.01 Å². The summed E-state index contributed by atoms with van der Waals surface area (Å²) in [5.74, 6) is 8.16. The number of hydrazine groups is 1. The Morgan fingerprint density at radius 2 is 1.67 bits per heavy atom. The molecule has 0 bridgehead atoms. The minimum Gasteiger partial charge on any atom is -0.314 e. The molecule has 24 heavy (non-hydrogen) atoms. The van der Waals surface area contributed by atoms with Crippen LogP contribution < -0.4 is 16.9 Å². The van der Waals surface area contributed by atoms with E-state index in [4.69, 9.17) is 23.2 Å². The molecule has 5 N–H and O–H groups in total. The molecule has 0 aromatic carbocycles. The first-order valence-corrected chi connectivity index (χ1v) is 10.5. The van der Waals surface area contributed by atoms with Crippen LogP contribution in [0.4, 0.5) is 0 Å². The van der Waals surface area contributed by atoms with Crippen LogP contribution in [0.1, 0.15) is 57.8 Å². The molecule has 2 aliphatic carbocycles. The SMILES string of the molecule is NC1C2C(C3CCCCC3)CN(C3CCC(Cl)CC3)C2NCN1N. The van der Waals surface area contributed by atoms with Crippen molar-refractivity contribution in [3.8, 4) is 0 Å². The number of rotatable bonds is 2. The molecule has 0 spiro atoms. The second-order valence-corrected chi connectivity index (χ2v) is 9.17. The van der Waals surface area contributed by atoms with E-state index in [-0.39, 0.29) is 6.17 Å². The summed E-state index contributed by atoms with van der Waals surface area (Å²) in [6, 6.07) is 0.671. The van der Waals surface area contributed by atoms with E-state index < -0.39 is 0 Å². The van der Waals surface area contributed by atoms with Gasteiger partial charge in [0.25, 0.3) is 0 Å². The van der Waals surface area contributed by atoms with Crippen molar-refractivity contribution < 1.29 is 0 Å². The van der Waals surface area contributed by atoms with E-state index >= 15 is 0 Å². The molecule has 4 fully saturated rings. The Morgan fingerprint density at radius 3 is 2.38 bits per heavy atom. The third kappa shape index (κ3) is 3.24. The van der Waals surface area contributed by atoms with Crippen LogP contribution in [0, 0.1) is 17.8 Å². The number of hydrogen-bond acceptors (Lipinski definition) is 5. The molecule has 6 heteroatoms. The van der Waals surface area contributed by atoms with Crippen molar-refractivity contribution in [3.05, 3.63) is 0 Å². The number of nitrogens with two attached hydrogens (primary N) is 2. The lowest BCUT2D eigenvalue weighted by molar-refractivity contribution is -0.00140. The predicted octanol–water partition coefficient (Wildman–Crippen LogP) is 2.01. The molecule has 2 heterocycles. The lowest BCUT2D eigenvalue weighted by atomic mass is 9.73. The molecular weight excluding hydrogens is 322 g/mol. The van der Waals surface area contributed by atoms with Crippen LogP contribution in [0.2, 0.25) is 0 Å². The molecule has 2 aliphatic heterocycles. The lowest BCUT2D eigenvalue weighted by Crippen LogP contribution is -2.67. The van der Waals surface area contributed by atoms with Crippen molar-refractivity contribution in [2.24, 2.45) is 29.3 Å². The Labute approximate surface area is 151 Å². The summed E-state index contributed by atoms with van der Waals surface area (Å²) in [4.78, 5) is 2.75. The fourth-order valence-corrected chi connectivity index (χ4v) is 6.17. The highest BCUT2D eigenvalue weighted by atomic mass is 35.5. The molecule has 4 rings (SSSR count). The van der Waals surface area contributed by atoms with Crippen molar-refractivity contribution in [2.45, 2.75) is 81.5 Å². The summed E-state index contributed by atoms with van der Waals surface area (Å²) in [6.07, 6.45) is 12.1. The second-order valence-electron chi connectivity index (χ2n) is 8.55. The van der Waals surface area contributed by atoms with Gasteiger partial charge < -0.3 is 5.73 Å². The van der Waals surface area contributed by atoms with E-state index in [0.29, 0.717) is 36.1 Å². The standard InChI is InChI=1S/C18H34ClN5/c19-13-6-8-14(9-7-13)23-10-15(12-4-2-1-3-5-12)16-17(20)24(21)11-22-18(16)23/h12-18,22H,1-11,20-21H2. The van der Waals surface area contributed by atoms with Gasteiger partial charge in [-0.1, -0.05) is 32.1 Å². The zero-order valence-electron chi connectivity index (χ0n) is 14.7. The average Bonchev–Trinajstić information content (AvgIpc) is 3.00. The number of alkyl halides is 1. The molecule has 0 amide bonds. The molecule has 4 atom stereocenters. The third-order valence-electron chi connectivity index (χ3n) is 7.25. The van der Waals surface area contributed by atoms with Crippen molar-refractivity contribution in [3.63, 3.8) is 0 Å². The van der Waals surface area contributed by atoms with Crippen LogP contribution in [0.3, 0.4) is 0 Å². The molecule has 2 saturated carbocycles. The molecule has 0 radical (unpaired) electrons. The minimum absolute atomic E-state index is 0.0162. The van der Waals surface area contributed by atoms with Gasteiger partial charge in [0, 0.05) is 23.9 Å². The predicted molar refractivity (Wildman–Crippen MR) is 98.0 cm³/mol.